The zero-order valence-electron chi connectivity index (χ0n) is 18.0. The number of aromatic nitrogens is 7. The van der Waals surface area contributed by atoms with Gasteiger partial charge in [-0.1, -0.05) is 29.5 Å². The summed E-state index contributed by atoms with van der Waals surface area (Å²) in [5.74, 6) is 0.628. The lowest BCUT2D eigenvalue weighted by Gasteiger charge is -2.25. The molecule has 10 nitrogen and oxygen atoms in total. The molecule has 0 fully saturated rings. The maximum Gasteiger partial charge on any atom is 0.244 e. The van der Waals surface area contributed by atoms with Gasteiger partial charge in [0, 0.05) is 48.7 Å². The summed E-state index contributed by atoms with van der Waals surface area (Å²) in [6.45, 7) is 1.31. The Bertz CT molecular complexity index is 1270. The van der Waals surface area contributed by atoms with Crippen LogP contribution in [-0.2, 0) is 37.1 Å². The number of anilines is 1. The summed E-state index contributed by atoms with van der Waals surface area (Å²) >= 11 is 0. The molecule has 0 bridgehead atoms. The van der Waals surface area contributed by atoms with Gasteiger partial charge in [-0.05, 0) is 24.0 Å². The van der Waals surface area contributed by atoms with E-state index in [1.165, 1.54) is 11.1 Å². The molecule has 0 unspecified atom stereocenters. The second kappa shape index (κ2) is 8.12. The van der Waals surface area contributed by atoms with Gasteiger partial charge in [0.2, 0.25) is 11.9 Å². The first-order chi connectivity index (χ1) is 16.2. The van der Waals surface area contributed by atoms with Crippen LogP contribution in [0.5, 0.6) is 0 Å². The Morgan fingerprint density at radius 1 is 1.09 bits per heavy atom. The Kier molecular flexibility index (Phi) is 4.82. The molecule has 166 valence electrons. The monoisotopic (exact) mass is 441 g/mol. The smallest absolute Gasteiger partial charge is 0.244 e. The largest absolute Gasteiger partial charge is 0.351 e. The van der Waals surface area contributed by atoms with Crippen LogP contribution in [0.25, 0.3) is 11.1 Å². The van der Waals surface area contributed by atoms with E-state index in [2.05, 4.69) is 60.1 Å². The maximum absolute atomic E-state index is 12.7. The van der Waals surface area contributed by atoms with Crippen LogP contribution in [0.2, 0.25) is 0 Å². The lowest BCUT2D eigenvalue weighted by Crippen LogP contribution is -2.38. The number of hydrogen-bond donors (Lipinski definition) is 2. The molecule has 2 N–H and O–H groups in total. The predicted molar refractivity (Wildman–Crippen MR) is 120 cm³/mol. The predicted octanol–water partition coefficient (Wildman–Crippen LogP) is 1.62. The molecule has 0 atom stereocenters. The number of carbonyl (C=O) groups is 1. The summed E-state index contributed by atoms with van der Waals surface area (Å²) in [6.07, 6.45) is 9.87. The summed E-state index contributed by atoms with van der Waals surface area (Å²) in [7, 11) is 0. The Labute approximate surface area is 190 Å². The summed E-state index contributed by atoms with van der Waals surface area (Å²) in [6, 6.07) is 8.84. The first kappa shape index (κ1) is 19.6. The van der Waals surface area contributed by atoms with E-state index in [1.807, 2.05) is 6.20 Å². The molecule has 0 radical (unpaired) electrons. The molecule has 2 aliphatic rings. The van der Waals surface area contributed by atoms with E-state index in [1.54, 1.807) is 28.2 Å². The van der Waals surface area contributed by atoms with E-state index in [4.69, 9.17) is 0 Å². The molecule has 4 aromatic rings. The van der Waals surface area contributed by atoms with Gasteiger partial charge >= 0.3 is 0 Å². The van der Waals surface area contributed by atoms with Crippen molar-refractivity contribution in [2.75, 3.05) is 11.9 Å². The number of nitrogens with one attached hydrogen (secondary N) is 2. The summed E-state index contributed by atoms with van der Waals surface area (Å²) < 4.78 is 1.65. The molecule has 33 heavy (non-hydrogen) atoms. The number of carbonyl (C=O) groups excluding carboxylic acids is 1. The van der Waals surface area contributed by atoms with Crippen LogP contribution in [0, 0.1) is 0 Å². The van der Waals surface area contributed by atoms with Gasteiger partial charge in [0.1, 0.15) is 12.2 Å². The van der Waals surface area contributed by atoms with Crippen molar-refractivity contribution in [2.45, 2.75) is 38.4 Å². The van der Waals surface area contributed by atoms with Gasteiger partial charge in [-0.25, -0.2) is 9.97 Å². The average molecular weight is 441 g/mol. The number of aromatic amines is 1. The van der Waals surface area contributed by atoms with Gasteiger partial charge in [0.05, 0.1) is 18.4 Å². The van der Waals surface area contributed by atoms with Crippen LogP contribution in [-0.4, -0.2) is 58.6 Å². The van der Waals surface area contributed by atoms with Crippen molar-refractivity contribution in [1.82, 2.24) is 40.1 Å². The number of benzene rings is 1. The highest BCUT2D eigenvalue weighted by molar-refractivity contribution is 5.76. The zero-order chi connectivity index (χ0) is 22.2. The average Bonchev–Trinajstić information content (AvgIpc) is 3.58. The molecule has 1 aliphatic heterocycles. The SMILES string of the molecule is O=C(Cn1cc(-c2cnc(NC3Cc4ccccc4C3)nc2)cn1)N1CCc2[nH]nnc2C1. The van der Waals surface area contributed by atoms with Gasteiger partial charge in [-0.15, -0.1) is 5.10 Å². The first-order valence-corrected chi connectivity index (χ1v) is 11.1. The van der Waals surface area contributed by atoms with Crippen LogP contribution in [0.15, 0.2) is 49.1 Å². The van der Waals surface area contributed by atoms with Crippen molar-refractivity contribution >= 4 is 11.9 Å². The number of rotatable bonds is 5. The fraction of sp³-hybridized carbons (Fsp3) is 0.304. The van der Waals surface area contributed by atoms with Gasteiger partial charge in [-0.2, -0.15) is 5.10 Å². The fourth-order valence-corrected chi connectivity index (χ4v) is 4.55. The first-order valence-electron chi connectivity index (χ1n) is 11.1. The highest BCUT2D eigenvalue weighted by Gasteiger charge is 2.24. The Balaban J connectivity index is 1.07. The minimum Gasteiger partial charge on any atom is -0.351 e. The molecule has 4 heterocycles. The minimum atomic E-state index is 0.00616. The summed E-state index contributed by atoms with van der Waals surface area (Å²) in [5, 5.41) is 18.5. The van der Waals surface area contributed by atoms with E-state index < -0.39 is 0 Å². The third kappa shape index (κ3) is 3.95. The number of H-pyrrole nitrogens is 1. The Morgan fingerprint density at radius 3 is 2.67 bits per heavy atom. The molecule has 1 aliphatic carbocycles. The van der Waals surface area contributed by atoms with Gasteiger partial charge in [0.15, 0.2) is 0 Å². The highest BCUT2D eigenvalue weighted by atomic mass is 16.2. The van der Waals surface area contributed by atoms with Crippen molar-refractivity contribution in [3.05, 3.63) is 71.6 Å². The molecular weight excluding hydrogens is 418 g/mol. The molecule has 1 amide bonds. The molecule has 3 aromatic heterocycles. The Morgan fingerprint density at radius 2 is 1.88 bits per heavy atom. The van der Waals surface area contributed by atoms with E-state index in [-0.39, 0.29) is 12.5 Å². The van der Waals surface area contributed by atoms with Crippen molar-refractivity contribution in [3.8, 4) is 11.1 Å². The summed E-state index contributed by atoms with van der Waals surface area (Å²) in [5.41, 5.74) is 6.36. The van der Waals surface area contributed by atoms with E-state index in [0.717, 1.165) is 41.8 Å². The third-order valence-electron chi connectivity index (χ3n) is 6.33. The van der Waals surface area contributed by atoms with Crippen LogP contribution in [0.4, 0.5) is 5.95 Å². The van der Waals surface area contributed by atoms with Gasteiger partial charge in [0.25, 0.3) is 0 Å². The lowest BCUT2D eigenvalue weighted by atomic mass is 10.1. The zero-order valence-corrected chi connectivity index (χ0v) is 18.0. The van der Waals surface area contributed by atoms with Crippen LogP contribution >= 0.6 is 0 Å². The molecule has 0 spiro atoms. The van der Waals surface area contributed by atoms with E-state index in [0.29, 0.717) is 25.1 Å². The highest BCUT2D eigenvalue weighted by Crippen LogP contribution is 2.24. The normalized spacial score (nSPS) is 15.3. The molecule has 0 saturated heterocycles. The third-order valence-corrected chi connectivity index (χ3v) is 6.33. The summed E-state index contributed by atoms with van der Waals surface area (Å²) in [4.78, 5) is 23.5. The molecule has 6 rings (SSSR count). The van der Waals surface area contributed by atoms with Gasteiger partial charge in [-0.3, -0.25) is 14.6 Å². The number of nitrogens with zero attached hydrogens (tertiary/aromatic N) is 7. The van der Waals surface area contributed by atoms with Crippen molar-refractivity contribution in [3.63, 3.8) is 0 Å². The second-order valence-corrected chi connectivity index (χ2v) is 8.54. The van der Waals surface area contributed by atoms with Crippen LogP contribution in [0.1, 0.15) is 22.5 Å². The second-order valence-electron chi connectivity index (χ2n) is 8.54. The van der Waals surface area contributed by atoms with Crippen molar-refractivity contribution < 1.29 is 4.79 Å². The Hall–Kier alpha value is -4.08. The van der Waals surface area contributed by atoms with E-state index >= 15 is 0 Å². The minimum absolute atomic E-state index is 0.00616. The van der Waals surface area contributed by atoms with Crippen LogP contribution < -0.4 is 5.32 Å². The number of amides is 1. The lowest BCUT2D eigenvalue weighted by molar-refractivity contribution is -0.133. The number of hydrogen-bond acceptors (Lipinski definition) is 7. The van der Waals surface area contributed by atoms with Crippen LogP contribution in [0.3, 0.4) is 0 Å². The quantitative estimate of drug-likeness (QED) is 0.483. The molecule has 10 heteroatoms. The van der Waals surface area contributed by atoms with Crippen molar-refractivity contribution in [2.24, 2.45) is 0 Å². The maximum atomic E-state index is 12.7. The molecule has 0 saturated carbocycles. The topological polar surface area (TPSA) is 118 Å². The fourth-order valence-electron chi connectivity index (χ4n) is 4.55. The number of fused-ring (bicyclic) bond motifs is 2. The molecular formula is C23H23N9O. The van der Waals surface area contributed by atoms with E-state index in [9.17, 15) is 4.79 Å². The van der Waals surface area contributed by atoms with Gasteiger partial charge < -0.3 is 10.2 Å². The van der Waals surface area contributed by atoms with Crippen molar-refractivity contribution in [1.29, 1.82) is 0 Å². The molecule has 1 aromatic carbocycles. The standard InChI is InChI=1S/C23H23N9O/c33-22(31-6-5-20-21(13-31)29-30-28-20)14-32-12-18(11-26-32)17-9-24-23(25-10-17)27-19-7-15-3-1-2-4-16(15)8-19/h1-4,9-12,19H,5-8,13-14H2,(H,24,25,27)(H,28,29,30).